The van der Waals surface area contributed by atoms with Crippen LogP contribution in [0.4, 0.5) is 5.69 Å². The molecule has 0 fully saturated rings. The topological polar surface area (TPSA) is 86.2 Å². The van der Waals surface area contributed by atoms with Crippen LogP contribution in [0.1, 0.15) is 5.69 Å². The first-order valence-corrected chi connectivity index (χ1v) is 12.3. The number of hydrogen-bond donors (Lipinski definition) is 1. The minimum Gasteiger partial charge on any atom is -0.497 e. The lowest BCUT2D eigenvalue weighted by atomic mass is 10.2. The molecule has 164 valence electrons. The van der Waals surface area contributed by atoms with Crippen LogP contribution >= 0.6 is 34.4 Å². The molecule has 0 aliphatic heterocycles. The van der Waals surface area contributed by atoms with Crippen molar-refractivity contribution in [3.8, 4) is 32.0 Å². The molecule has 4 aromatic rings. The monoisotopic (exact) mass is 484 g/mol. The summed E-state index contributed by atoms with van der Waals surface area (Å²) in [6, 6.07) is 13.1. The zero-order valence-electron chi connectivity index (χ0n) is 17.6. The van der Waals surface area contributed by atoms with Crippen LogP contribution in [0.2, 0.25) is 0 Å². The summed E-state index contributed by atoms with van der Waals surface area (Å²) in [5.74, 6) is 1.22. The second-order valence-electron chi connectivity index (χ2n) is 6.57. The van der Waals surface area contributed by atoms with E-state index in [1.54, 1.807) is 55.1 Å². The van der Waals surface area contributed by atoms with E-state index in [1.807, 2.05) is 30.5 Å². The van der Waals surface area contributed by atoms with E-state index in [2.05, 4.69) is 26.6 Å². The Balaban J connectivity index is 1.39. The molecule has 0 saturated carbocycles. The summed E-state index contributed by atoms with van der Waals surface area (Å²) < 4.78 is 10.5. The molecule has 0 aliphatic rings. The zero-order valence-corrected chi connectivity index (χ0v) is 20.1. The van der Waals surface area contributed by atoms with E-state index in [1.165, 1.54) is 11.8 Å². The molecule has 0 unspecified atom stereocenters. The highest BCUT2D eigenvalue weighted by atomic mass is 32.2. The number of aryl methyl sites for hydroxylation is 1. The van der Waals surface area contributed by atoms with Crippen LogP contribution in [0.5, 0.6) is 11.5 Å². The lowest BCUT2D eigenvalue weighted by molar-refractivity contribution is -0.113. The number of benzene rings is 1. The quantitative estimate of drug-likeness (QED) is 0.336. The molecule has 7 nitrogen and oxygen atoms in total. The molecular weight excluding hydrogens is 464 g/mol. The fourth-order valence-corrected chi connectivity index (χ4v) is 5.34. The maximum Gasteiger partial charge on any atom is 0.234 e. The van der Waals surface area contributed by atoms with Gasteiger partial charge in [-0.15, -0.1) is 32.9 Å². The molecule has 0 saturated heterocycles. The number of amides is 1. The van der Waals surface area contributed by atoms with Gasteiger partial charge in [-0.1, -0.05) is 17.8 Å². The standard InChI is InChI=1S/C22H20N4O3S3/c1-13-21(32-22(23-13)18-5-4-10-30-18)15-7-9-20(26-25-15)31-12-19(27)24-16-11-14(28-2)6-8-17(16)29-3/h4-11H,12H2,1-3H3,(H,24,27). The number of nitrogens with zero attached hydrogens (tertiary/aromatic N) is 3. The summed E-state index contributed by atoms with van der Waals surface area (Å²) in [4.78, 5) is 19.2. The van der Waals surface area contributed by atoms with Gasteiger partial charge >= 0.3 is 0 Å². The van der Waals surface area contributed by atoms with Crippen molar-refractivity contribution in [1.82, 2.24) is 15.2 Å². The average molecular weight is 485 g/mol. The van der Waals surface area contributed by atoms with Crippen molar-refractivity contribution in [1.29, 1.82) is 0 Å². The first-order valence-electron chi connectivity index (χ1n) is 9.57. The van der Waals surface area contributed by atoms with Crippen LogP contribution in [-0.2, 0) is 4.79 Å². The lowest BCUT2D eigenvalue weighted by Gasteiger charge is -2.11. The van der Waals surface area contributed by atoms with Crippen LogP contribution in [0, 0.1) is 6.92 Å². The number of thioether (sulfide) groups is 1. The van der Waals surface area contributed by atoms with Gasteiger partial charge in [0.15, 0.2) is 0 Å². The van der Waals surface area contributed by atoms with Crippen molar-refractivity contribution in [2.45, 2.75) is 11.9 Å². The number of thiazole rings is 1. The summed E-state index contributed by atoms with van der Waals surface area (Å²) in [5.41, 5.74) is 2.26. The van der Waals surface area contributed by atoms with E-state index in [-0.39, 0.29) is 11.7 Å². The van der Waals surface area contributed by atoms with Gasteiger partial charge in [0.1, 0.15) is 27.2 Å². The van der Waals surface area contributed by atoms with Gasteiger partial charge in [-0.25, -0.2) is 4.98 Å². The van der Waals surface area contributed by atoms with Gasteiger partial charge in [0.2, 0.25) is 5.91 Å². The average Bonchev–Trinajstić information content (AvgIpc) is 3.48. The fourth-order valence-electron chi connectivity index (χ4n) is 2.90. The number of thiophene rings is 1. The second-order valence-corrected chi connectivity index (χ2v) is 9.51. The Morgan fingerprint density at radius 1 is 1.12 bits per heavy atom. The third kappa shape index (κ3) is 5.09. The number of hydrogen-bond acceptors (Lipinski definition) is 9. The molecule has 0 spiro atoms. The summed E-state index contributed by atoms with van der Waals surface area (Å²) in [5, 5.41) is 15.2. The van der Waals surface area contributed by atoms with E-state index in [0.717, 1.165) is 26.1 Å². The number of methoxy groups -OCH3 is 2. The van der Waals surface area contributed by atoms with Crippen LogP contribution in [0.3, 0.4) is 0 Å². The Bertz CT molecular complexity index is 1210. The highest BCUT2D eigenvalue weighted by Crippen LogP contribution is 2.36. The highest BCUT2D eigenvalue weighted by Gasteiger charge is 2.14. The maximum absolute atomic E-state index is 12.4. The van der Waals surface area contributed by atoms with Crippen molar-refractivity contribution in [2.24, 2.45) is 0 Å². The predicted molar refractivity (Wildman–Crippen MR) is 130 cm³/mol. The number of rotatable bonds is 8. The Morgan fingerprint density at radius 2 is 2.00 bits per heavy atom. The number of anilines is 1. The molecule has 0 radical (unpaired) electrons. The Labute approximate surface area is 197 Å². The fraction of sp³-hybridized carbons (Fsp3) is 0.182. The van der Waals surface area contributed by atoms with E-state index < -0.39 is 0 Å². The summed E-state index contributed by atoms with van der Waals surface area (Å²) >= 11 is 4.59. The van der Waals surface area contributed by atoms with E-state index in [0.29, 0.717) is 22.2 Å². The lowest BCUT2D eigenvalue weighted by Crippen LogP contribution is -2.15. The van der Waals surface area contributed by atoms with Crippen LogP contribution in [0.25, 0.3) is 20.5 Å². The Morgan fingerprint density at radius 3 is 2.69 bits per heavy atom. The third-order valence-electron chi connectivity index (χ3n) is 4.43. The smallest absolute Gasteiger partial charge is 0.234 e. The van der Waals surface area contributed by atoms with Gasteiger partial charge in [0, 0.05) is 6.07 Å². The molecule has 4 rings (SSSR count). The van der Waals surface area contributed by atoms with Crippen molar-refractivity contribution >= 4 is 46.0 Å². The van der Waals surface area contributed by atoms with E-state index >= 15 is 0 Å². The van der Waals surface area contributed by atoms with Gasteiger partial charge in [-0.3, -0.25) is 4.79 Å². The van der Waals surface area contributed by atoms with Gasteiger partial charge in [0.05, 0.1) is 41.1 Å². The summed E-state index contributed by atoms with van der Waals surface area (Å²) in [7, 11) is 3.12. The predicted octanol–water partition coefficient (Wildman–Crippen LogP) is 5.39. The molecule has 32 heavy (non-hydrogen) atoms. The number of carbonyl (C=O) groups excluding carboxylic acids is 1. The van der Waals surface area contributed by atoms with Crippen molar-refractivity contribution < 1.29 is 14.3 Å². The minimum atomic E-state index is -0.175. The van der Waals surface area contributed by atoms with Gasteiger partial charge in [0.25, 0.3) is 0 Å². The zero-order chi connectivity index (χ0) is 22.5. The van der Waals surface area contributed by atoms with Crippen LogP contribution < -0.4 is 14.8 Å². The van der Waals surface area contributed by atoms with Crippen LogP contribution in [-0.4, -0.2) is 41.1 Å². The van der Waals surface area contributed by atoms with Gasteiger partial charge in [-0.2, -0.15) is 0 Å². The first kappa shape index (κ1) is 22.3. The van der Waals surface area contributed by atoms with Crippen molar-refractivity contribution in [2.75, 3.05) is 25.3 Å². The van der Waals surface area contributed by atoms with Crippen molar-refractivity contribution in [3.63, 3.8) is 0 Å². The molecule has 0 bridgehead atoms. The molecule has 10 heteroatoms. The number of carbonyl (C=O) groups is 1. The molecule has 0 atom stereocenters. The third-order valence-corrected chi connectivity index (χ3v) is 7.57. The number of ether oxygens (including phenoxy) is 2. The molecule has 1 N–H and O–H groups in total. The molecule has 1 amide bonds. The largest absolute Gasteiger partial charge is 0.497 e. The Kier molecular flexibility index (Phi) is 7.03. The van der Waals surface area contributed by atoms with E-state index in [4.69, 9.17) is 9.47 Å². The molecule has 0 aliphatic carbocycles. The maximum atomic E-state index is 12.4. The first-order chi connectivity index (χ1) is 15.6. The van der Waals surface area contributed by atoms with Gasteiger partial charge in [-0.05, 0) is 42.6 Å². The number of nitrogens with one attached hydrogen (secondary N) is 1. The van der Waals surface area contributed by atoms with Gasteiger partial charge < -0.3 is 14.8 Å². The molecule has 1 aromatic carbocycles. The second kappa shape index (κ2) is 10.1. The molecule has 3 heterocycles. The van der Waals surface area contributed by atoms with Crippen molar-refractivity contribution in [3.05, 3.63) is 53.5 Å². The minimum absolute atomic E-state index is 0.175. The van der Waals surface area contributed by atoms with Crippen LogP contribution in [0.15, 0.2) is 52.9 Å². The molecule has 3 aromatic heterocycles. The number of aromatic nitrogens is 3. The van der Waals surface area contributed by atoms with E-state index in [9.17, 15) is 4.79 Å². The SMILES string of the molecule is COc1ccc(OC)c(NC(=O)CSc2ccc(-c3sc(-c4cccs4)nc3C)nn2)c1. The summed E-state index contributed by atoms with van der Waals surface area (Å²) in [6.45, 7) is 1.98. The Hall–Kier alpha value is -2.95. The normalized spacial score (nSPS) is 10.7. The summed E-state index contributed by atoms with van der Waals surface area (Å²) in [6.07, 6.45) is 0. The highest BCUT2D eigenvalue weighted by molar-refractivity contribution is 7.99. The molecular formula is C22H20N4O3S3.